The molecule has 0 heterocycles. The standard InChI is InChI=1S/C17H20FN/c1-13(12-15-6-4-3-5-7-15)19-14(2)16-8-10-17(18)11-9-16/h3-11,13-14,19H,12H2,1-2H3/t13?,14-/m1/s1. The molecule has 0 saturated heterocycles. The molecule has 100 valence electrons. The van der Waals surface area contributed by atoms with E-state index in [1.807, 2.05) is 18.2 Å². The molecule has 2 rings (SSSR count). The average molecular weight is 257 g/mol. The van der Waals surface area contributed by atoms with Gasteiger partial charge in [0.1, 0.15) is 5.82 Å². The third-order valence-electron chi connectivity index (χ3n) is 3.29. The molecule has 1 nitrogen and oxygen atoms in total. The molecule has 19 heavy (non-hydrogen) atoms. The van der Waals surface area contributed by atoms with Gasteiger partial charge in [0.2, 0.25) is 0 Å². The van der Waals surface area contributed by atoms with Crippen LogP contribution in [0.5, 0.6) is 0 Å². The van der Waals surface area contributed by atoms with E-state index >= 15 is 0 Å². The van der Waals surface area contributed by atoms with Crippen LogP contribution in [0.2, 0.25) is 0 Å². The molecule has 0 saturated carbocycles. The third-order valence-corrected chi connectivity index (χ3v) is 3.29. The zero-order valence-corrected chi connectivity index (χ0v) is 11.4. The van der Waals surface area contributed by atoms with E-state index in [4.69, 9.17) is 0 Å². The Kier molecular flexibility index (Phi) is 4.69. The summed E-state index contributed by atoms with van der Waals surface area (Å²) in [5.41, 5.74) is 2.44. The molecule has 2 heteroatoms. The zero-order valence-electron chi connectivity index (χ0n) is 11.4. The highest BCUT2D eigenvalue weighted by Crippen LogP contribution is 2.14. The van der Waals surface area contributed by atoms with Crippen molar-refractivity contribution in [2.24, 2.45) is 0 Å². The van der Waals surface area contributed by atoms with Crippen LogP contribution in [0.3, 0.4) is 0 Å². The Morgan fingerprint density at radius 1 is 0.947 bits per heavy atom. The highest BCUT2D eigenvalue weighted by atomic mass is 19.1. The van der Waals surface area contributed by atoms with Crippen LogP contribution in [0.4, 0.5) is 4.39 Å². The lowest BCUT2D eigenvalue weighted by atomic mass is 10.0. The van der Waals surface area contributed by atoms with E-state index in [1.165, 1.54) is 17.7 Å². The molecule has 1 unspecified atom stereocenters. The molecule has 1 N–H and O–H groups in total. The molecule has 0 amide bonds. The molecule has 0 aliphatic heterocycles. The molecular weight excluding hydrogens is 237 g/mol. The van der Waals surface area contributed by atoms with E-state index < -0.39 is 0 Å². The fourth-order valence-corrected chi connectivity index (χ4v) is 2.30. The van der Waals surface area contributed by atoms with Crippen LogP contribution in [-0.4, -0.2) is 6.04 Å². The predicted octanol–water partition coefficient (Wildman–Crippen LogP) is 4.11. The van der Waals surface area contributed by atoms with E-state index in [9.17, 15) is 4.39 Å². The highest BCUT2D eigenvalue weighted by Gasteiger charge is 2.09. The van der Waals surface area contributed by atoms with E-state index in [-0.39, 0.29) is 11.9 Å². The van der Waals surface area contributed by atoms with E-state index in [0.29, 0.717) is 6.04 Å². The van der Waals surface area contributed by atoms with Gasteiger partial charge in [0, 0.05) is 12.1 Å². The van der Waals surface area contributed by atoms with Gasteiger partial charge < -0.3 is 5.32 Å². The van der Waals surface area contributed by atoms with Crippen molar-refractivity contribution in [1.29, 1.82) is 0 Å². The minimum atomic E-state index is -0.187. The molecule has 0 aliphatic rings. The number of hydrogen-bond donors (Lipinski definition) is 1. The first-order valence-corrected chi connectivity index (χ1v) is 6.70. The van der Waals surface area contributed by atoms with E-state index in [2.05, 4.69) is 43.4 Å². The number of halogens is 1. The van der Waals surface area contributed by atoms with Gasteiger partial charge >= 0.3 is 0 Å². The van der Waals surface area contributed by atoms with Crippen LogP contribution >= 0.6 is 0 Å². The minimum Gasteiger partial charge on any atom is -0.307 e. The Balaban J connectivity index is 1.91. The van der Waals surface area contributed by atoms with Crippen molar-refractivity contribution < 1.29 is 4.39 Å². The largest absolute Gasteiger partial charge is 0.307 e. The summed E-state index contributed by atoms with van der Waals surface area (Å²) in [6, 6.07) is 17.7. The summed E-state index contributed by atoms with van der Waals surface area (Å²) in [6.45, 7) is 4.28. The maximum absolute atomic E-state index is 12.9. The second-order valence-electron chi connectivity index (χ2n) is 5.03. The maximum atomic E-state index is 12.9. The molecule has 2 atom stereocenters. The van der Waals surface area contributed by atoms with Gasteiger partial charge in [0.05, 0.1) is 0 Å². The molecule has 0 radical (unpaired) electrons. The van der Waals surface area contributed by atoms with Gasteiger partial charge in [0.15, 0.2) is 0 Å². The van der Waals surface area contributed by atoms with Gasteiger partial charge in [-0.1, -0.05) is 42.5 Å². The second kappa shape index (κ2) is 6.48. The topological polar surface area (TPSA) is 12.0 Å². The summed E-state index contributed by atoms with van der Waals surface area (Å²) >= 11 is 0. The quantitative estimate of drug-likeness (QED) is 0.850. The molecule has 2 aromatic carbocycles. The summed E-state index contributed by atoms with van der Waals surface area (Å²) in [4.78, 5) is 0. The predicted molar refractivity (Wildman–Crippen MR) is 77.6 cm³/mol. The summed E-state index contributed by atoms with van der Waals surface area (Å²) in [7, 11) is 0. The van der Waals surface area contributed by atoms with Crippen molar-refractivity contribution in [2.75, 3.05) is 0 Å². The molecular formula is C17H20FN. The van der Waals surface area contributed by atoms with Crippen molar-refractivity contribution in [3.63, 3.8) is 0 Å². The average Bonchev–Trinajstić information content (AvgIpc) is 2.40. The smallest absolute Gasteiger partial charge is 0.123 e. The Morgan fingerprint density at radius 3 is 2.21 bits per heavy atom. The first kappa shape index (κ1) is 13.8. The fraction of sp³-hybridized carbons (Fsp3) is 0.294. The van der Waals surface area contributed by atoms with Crippen molar-refractivity contribution in [2.45, 2.75) is 32.4 Å². The Hall–Kier alpha value is -1.67. The molecule has 0 fully saturated rings. The summed E-state index contributed by atoms with van der Waals surface area (Å²) < 4.78 is 12.9. The van der Waals surface area contributed by atoms with Gasteiger partial charge in [-0.2, -0.15) is 0 Å². The third kappa shape index (κ3) is 4.18. The van der Waals surface area contributed by atoms with Crippen LogP contribution in [0.25, 0.3) is 0 Å². The van der Waals surface area contributed by atoms with Gasteiger partial charge in [-0.05, 0) is 43.5 Å². The van der Waals surface area contributed by atoms with Gasteiger partial charge in [-0.15, -0.1) is 0 Å². The Morgan fingerprint density at radius 2 is 1.58 bits per heavy atom. The molecule has 0 spiro atoms. The normalized spacial score (nSPS) is 14.1. The van der Waals surface area contributed by atoms with Gasteiger partial charge in [0.25, 0.3) is 0 Å². The number of hydrogen-bond acceptors (Lipinski definition) is 1. The Bertz CT molecular complexity index is 492. The van der Waals surface area contributed by atoms with Crippen molar-refractivity contribution in [3.8, 4) is 0 Å². The lowest BCUT2D eigenvalue weighted by Gasteiger charge is -2.20. The summed E-state index contributed by atoms with van der Waals surface area (Å²) in [5.74, 6) is -0.187. The first-order valence-electron chi connectivity index (χ1n) is 6.70. The monoisotopic (exact) mass is 257 g/mol. The number of nitrogens with one attached hydrogen (secondary N) is 1. The van der Waals surface area contributed by atoms with Gasteiger partial charge in [-0.3, -0.25) is 0 Å². The maximum Gasteiger partial charge on any atom is 0.123 e. The van der Waals surface area contributed by atoms with Crippen LogP contribution in [0, 0.1) is 5.82 Å². The highest BCUT2D eigenvalue weighted by molar-refractivity contribution is 5.20. The summed E-state index contributed by atoms with van der Waals surface area (Å²) in [5, 5.41) is 3.54. The van der Waals surface area contributed by atoms with Crippen LogP contribution in [0.1, 0.15) is 31.0 Å². The van der Waals surface area contributed by atoms with Crippen LogP contribution in [0.15, 0.2) is 54.6 Å². The molecule has 0 aliphatic carbocycles. The van der Waals surface area contributed by atoms with Crippen LogP contribution in [-0.2, 0) is 6.42 Å². The second-order valence-corrected chi connectivity index (χ2v) is 5.03. The SMILES string of the molecule is CC(Cc1ccccc1)N[C@H](C)c1ccc(F)cc1. The van der Waals surface area contributed by atoms with Gasteiger partial charge in [-0.25, -0.2) is 4.39 Å². The lowest BCUT2D eigenvalue weighted by Crippen LogP contribution is -2.30. The summed E-state index contributed by atoms with van der Waals surface area (Å²) in [6.07, 6.45) is 0.992. The zero-order chi connectivity index (χ0) is 13.7. The van der Waals surface area contributed by atoms with Crippen molar-refractivity contribution >= 4 is 0 Å². The lowest BCUT2D eigenvalue weighted by molar-refractivity contribution is 0.476. The van der Waals surface area contributed by atoms with E-state index in [0.717, 1.165) is 12.0 Å². The first-order chi connectivity index (χ1) is 9.15. The van der Waals surface area contributed by atoms with E-state index in [1.54, 1.807) is 0 Å². The Labute approximate surface area is 114 Å². The fourth-order valence-electron chi connectivity index (χ4n) is 2.30. The minimum absolute atomic E-state index is 0.187. The van der Waals surface area contributed by atoms with Crippen molar-refractivity contribution in [3.05, 3.63) is 71.5 Å². The molecule has 2 aromatic rings. The molecule has 0 bridgehead atoms. The molecule has 0 aromatic heterocycles. The number of rotatable bonds is 5. The number of benzene rings is 2. The van der Waals surface area contributed by atoms with Crippen molar-refractivity contribution in [1.82, 2.24) is 5.32 Å². The van der Waals surface area contributed by atoms with Crippen LogP contribution < -0.4 is 5.32 Å².